The van der Waals surface area contributed by atoms with Gasteiger partial charge in [-0.05, 0) is 25.1 Å². The molecule has 2 aliphatic heterocycles. The number of aromatic nitrogens is 1. The van der Waals surface area contributed by atoms with E-state index in [4.69, 9.17) is 14.0 Å². The highest BCUT2D eigenvalue weighted by molar-refractivity contribution is 5.97. The molecular weight excluding hydrogens is 362 g/mol. The first-order chi connectivity index (χ1) is 13.5. The monoisotopic (exact) mass is 385 g/mol. The zero-order valence-electron chi connectivity index (χ0n) is 16.2. The lowest BCUT2D eigenvalue weighted by molar-refractivity contribution is 0.0533. The number of carbonyl (C=O) groups is 2. The smallest absolute Gasteiger partial charge is 0.259 e. The minimum Gasteiger partial charge on any atom is -0.454 e. The minimum atomic E-state index is -0.0855. The van der Waals surface area contributed by atoms with Crippen LogP contribution in [0.3, 0.4) is 0 Å². The largest absolute Gasteiger partial charge is 0.454 e. The summed E-state index contributed by atoms with van der Waals surface area (Å²) >= 11 is 0. The number of hydrogen-bond donors (Lipinski definition) is 0. The van der Waals surface area contributed by atoms with Gasteiger partial charge in [-0.25, -0.2) is 0 Å². The van der Waals surface area contributed by atoms with Crippen LogP contribution < -0.4 is 9.47 Å². The molecule has 0 bridgehead atoms. The summed E-state index contributed by atoms with van der Waals surface area (Å²) < 4.78 is 16.0. The Kier molecular flexibility index (Phi) is 4.70. The van der Waals surface area contributed by atoms with Gasteiger partial charge in [0.05, 0.1) is 5.69 Å². The Balaban J connectivity index is 1.43. The van der Waals surface area contributed by atoms with E-state index in [1.54, 1.807) is 34.9 Å². The third-order valence-electron chi connectivity index (χ3n) is 5.10. The Morgan fingerprint density at radius 2 is 1.64 bits per heavy atom. The zero-order valence-corrected chi connectivity index (χ0v) is 16.2. The van der Waals surface area contributed by atoms with Crippen LogP contribution in [0.2, 0.25) is 0 Å². The van der Waals surface area contributed by atoms with Crippen molar-refractivity contribution in [3.8, 4) is 11.5 Å². The fraction of sp³-hybridized carbons (Fsp3) is 0.450. The van der Waals surface area contributed by atoms with Crippen LogP contribution in [-0.2, 0) is 0 Å². The predicted octanol–water partition coefficient (Wildman–Crippen LogP) is 2.43. The van der Waals surface area contributed by atoms with Crippen molar-refractivity contribution in [2.24, 2.45) is 0 Å². The predicted molar refractivity (Wildman–Crippen MR) is 99.7 cm³/mol. The van der Waals surface area contributed by atoms with Crippen LogP contribution in [0.4, 0.5) is 0 Å². The topological polar surface area (TPSA) is 85.1 Å². The molecule has 0 aliphatic carbocycles. The number of aryl methyl sites for hydroxylation is 1. The Bertz CT molecular complexity index is 913. The Hall–Kier alpha value is -3.03. The first kappa shape index (κ1) is 18.3. The molecule has 0 spiro atoms. The van der Waals surface area contributed by atoms with E-state index < -0.39 is 0 Å². The van der Waals surface area contributed by atoms with Gasteiger partial charge >= 0.3 is 0 Å². The fourth-order valence-electron chi connectivity index (χ4n) is 3.52. The highest BCUT2D eigenvalue weighted by atomic mass is 16.7. The van der Waals surface area contributed by atoms with Crippen LogP contribution in [0.15, 0.2) is 22.7 Å². The summed E-state index contributed by atoms with van der Waals surface area (Å²) in [4.78, 5) is 29.3. The molecule has 0 N–H and O–H groups in total. The maximum Gasteiger partial charge on any atom is 0.259 e. The number of ether oxygens (including phenoxy) is 2. The quantitative estimate of drug-likeness (QED) is 0.807. The van der Waals surface area contributed by atoms with Crippen molar-refractivity contribution in [2.75, 3.05) is 33.0 Å². The molecule has 2 amide bonds. The second-order valence-corrected chi connectivity index (χ2v) is 7.31. The molecule has 28 heavy (non-hydrogen) atoms. The molecule has 0 saturated carbocycles. The summed E-state index contributed by atoms with van der Waals surface area (Å²) in [5.74, 6) is 1.77. The first-order valence-electron chi connectivity index (χ1n) is 9.40. The van der Waals surface area contributed by atoms with E-state index >= 15 is 0 Å². The van der Waals surface area contributed by atoms with Gasteiger partial charge in [-0.15, -0.1) is 0 Å². The molecule has 4 rings (SSSR count). The van der Waals surface area contributed by atoms with E-state index in [0.29, 0.717) is 60.3 Å². The molecule has 148 valence electrons. The average molecular weight is 385 g/mol. The highest BCUT2D eigenvalue weighted by Crippen LogP contribution is 2.33. The molecule has 1 aromatic heterocycles. The second kappa shape index (κ2) is 7.18. The summed E-state index contributed by atoms with van der Waals surface area (Å²) in [7, 11) is 0. The molecule has 0 radical (unpaired) electrons. The summed E-state index contributed by atoms with van der Waals surface area (Å²) in [6.45, 7) is 7.78. The number of amides is 2. The summed E-state index contributed by atoms with van der Waals surface area (Å²) in [5.41, 5.74) is 1.71. The lowest BCUT2D eigenvalue weighted by Gasteiger charge is -2.35. The lowest BCUT2D eigenvalue weighted by atomic mass is 10.0. The normalized spacial score (nSPS) is 16.0. The van der Waals surface area contributed by atoms with Gasteiger partial charge in [0.1, 0.15) is 5.56 Å². The summed E-state index contributed by atoms with van der Waals surface area (Å²) in [6, 6.07) is 5.19. The molecule has 8 heteroatoms. The first-order valence-corrected chi connectivity index (χ1v) is 9.40. The lowest BCUT2D eigenvalue weighted by Crippen LogP contribution is -2.50. The van der Waals surface area contributed by atoms with Crippen molar-refractivity contribution in [3.05, 3.63) is 40.8 Å². The van der Waals surface area contributed by atoms with Crippen LogP contribution in [0.25, 0.3) is 0 Å². The minimum absolute atomic E-state index is 0.0746. The van der Waals surface area contributed by atoms with Crippen molar-refractivity contribution in [3.63, 3.8) is 0 Å². The number of nitrogens with zero attached hydrogens (tertiary/aromatic N) is 3. The van der Waals surface area contributed by atoms with Gasteiger partial charge in [0.2, 0.25) is 6.79 Å². The Morgan fingerprint density at radius 1 is 1.00 bits per heavy atom. The number of piperazine rings is 1. The second-order valence-electron chi connectivity index (χ2n) is 7.31. The highest BCUT2D eigenvalue weighted by Gasteiger charge is 2.30. The fourth-order valence-corrected chi connectivity index (χ4v) is 3.52. The van der Waals surface area contributed by atoms with E-state index in [9.17, 15) is 9.59 Å². The summed E-state index contributed by atoms with van der Waals surface area (Å²) in [6.07, 6.45) is 0. The average Bonchev–Trinajstić information content (AvgIpc) is 3.32. The van der Waals surface area contributed by atoms with Gasteiger partial charge in [-0.3, -0.25) is 9.59 Å². The number of fused-ring (bicyclic) bond motifs is 1. The number of benzene rings is 1. The Labute approximate surface area is 163 Å². The van der Waals surface area contributed by atoms with Crippen LogP contribution in [0.1, 0.15) is 51.9 Å². The molecular formula is C20H23N3O5. The van der Waals surface area contributed by atoms with Crippen LogP contribution in [-0.4, -0.2) is 59.7 Å². The van der Waals surface area contributed by atoms with Crippen molar-refractivity contribution < 1.29 is 23.6 Å². The van der Waals surface area contributed by atoms with Gasteiger partial charge < -0.3 is 23.8 Å². The van der Waals surface area contributed by atoms with Gasteiger partial charge in [0, 0.05) is 37.7 Å². The van der Waals surface area contributed by atoms with Crippen molar-refractivity contribution in [1.82, 2.24) is 15.0 Å². The molecule has 0 unspecified atom stereocenters. The van der Waals surface area contributed by atoms with E-state index in [-0.39, 0.29) is 24.5 Å². The van der Waals surface area contributed by atoms with Gasteiger partial charge in [0.15, 0.2) is 17.3 Å². The van der Waals surface area contributed by atoms with Gasteiger partial charge in [0.25, 0.3) is 11.8 Å². The molecule has 8 nitrogen and oxygen atoms in total. The molecule has 1 fully saturated rings. The van der Waals surface area contributed by atoms with Crippen molar-refractivity contribution in [2.45, 2.75) is 26.7 Å². The van der Waals surface area contributed by atoms with Gasteiger partial charge in [-0.1, -0.05) is 19.0 Å². The van der Waals surface area contributed by atoms with Crippen molar-refractivity contribution in [1.29, 1.82) is 0 Å². The van der Waals surface area contributed by atoms with E-state index in [0.717, 1.165) is 0 Å². The molecule has 2 aromatic rings. The molecule has 2 aliphatic rings. The van der Waals surface area contributed by atoms with Crippen LogP contribution >= 0.6 is 0 Å². The SMILES string of the molecule is Cc1noc(C(C)C)c1C(=O)N1CCN(C(=O)c2ccc3c(c2)OCO3)CC1. The molecule has 1 aromatic carbocycles. The van der Waals surface area contributed by atoms with Gasteiger partial charge in [-0.2, -0.15) is 0 Å². The van der Waals surface area contributed by atoms with E-state index in [2.05, 4.69) is 5.16 Å². The Morgan fingerprint density at radius 3 is 2.32 bits per heavy atom. The third kappa shape index (κ3) is 3.19. The number of rotatable bonds is 3. The molecule has 0 atom stereocenters. The molecule has 1 saturated heterocycles. The van der Waals surface area contributed by atoms with Crippen LogP contribution in [0, 0.1) is 6.92 Å². The van der Waals surface area contributed by atoms with Crippen molar-refractivity contribution >= 4 is 11.8 Å². The van der Waals surface area contributed by atoms with E-state index in [1.165, 1.54) is 0 Å². The maximum atomic E-state index is 13.0. The number of hydrogen-bond acceptors (Lipinski definition) is 6. The number of carbonyl (C=O) groups excluding carboxylic acids is 2. The van der Waals surface area contributed by atoms with E-state index in [1.807, 2.05) is 13.8 Å². The molecule has 3 heterocycles. The standard InChI is InChI=1S/C20H23N3O5/c1-12(2)18-17(13(3)21-28-18)20(25)23-8-6-22(7-9-23)19(24)14-4-5-15-16(10-14)27-11-26-15/h4-5,10,12H,6-9,11H2,1-3H3. The maximum absolute atomic E-state index is 13.0. The van der Waals surface area contributed by atoms with Crippen LogP contribution in [0.5, 0.6) is 11.5 Å². The summed E-state index contributed by atoms with van der Waals surface area (Å²) in [5, 5.41) is 3.96. The zero-order chi connectivity index (χ0) is 19.8. The third-order valence-corrected chi connectivity index (χ3v) is 5.10.